The molecule has 2 atom stereocenters. The minimum atomic E-state index is 0.776. The second kappa shape index (κ2) is 4.79. The SMILES string of the molecule is Cn1nccc1CCC1CCCC1CN. The summed E-state index contributed by atoms with van der Waals surface area (Å²) in [6.07, 6.45) is 8.40. The molecule has 1 aromatic heterocycles. The molecule has 2 unspecified atom stereocenters. The highest BCUT2D eigenvalue weighted by Gasteiger charge is 2.25. The van der Waals surface area contributed by atoms with Gasteiger partial charge in [0.05, 0.1) is 0 Å². The van der Waals surface area contributed by atoms with E-state index in [0.717, 1.165) is 24.8 Å². The molecule has 0 bridgehead atoms. The zero-order valence-corrected chi connectivity index (χ0v) is 9.52. The lowest BCUT2D eigenvalue weighted by molar-refractivity contribution is 0.369. The first-order valence-electron chi connectivity index (χ1n) is 5.98. The van der Waals surface area contributed by atoms with Crippen molar-refractivity contribution in [1.29, 1.82) is 0 Å². The monoisotopic (exact) mass is 207 g/mol. The Morgan fingerprint density at radius 1 is 1.47 bits per heavy atom. The van der Waals surface area contributed by atoms with E-state index in [1.54, 1.807) is 0 Å². The maximum atomic E-state index is 5.79. The predicted molar refractivity (Wildman–Crippen MR) is 61.4 cm³/mol. The first-order chi connectivity index (χ1) is 7.31. The van der Waals surface area contributed by atoms with Gasteiger partial charge in [0.1, 0.15) is 0 Å². The third-order valence-corrected chi connectivity index (χ3v) is 3.81. The Morgan fingerprint density at radius 2 is 2.27 bits per heavy atom. The van der Waals surface area contributed by atoms with Crippen LogP contribution in [-0.4, -0.2) is 16.3 Å². The zero-order valence-electron chi connectivity index (χ0n) is 9.52. The number of rotatable bonds is 4. The molecule has 1 saturated carbocycles. The van der Waals surface area contributed by atoms with Gasteiger partial charge in [-0.3, -0.25) is 4.68 Å². The van der Waals surface area contributed by atoms with Gasteiger partial charge in [0.15, 0.2) is 0 Å². The smallest absolute Gasteiger partial charge is 0.0492 e. The van der Waals surface area contributed by atoms with Crippen LogP contribution in [0.15, 0.2) is 12.3 Å². The molecule has 1 aliphatic carbocycles. The highest BCUT2D eigenvalue weighted by molar-refractivity contribution is 5.00. The van der Waals surface area contributed by atoms with E-state index in [-0.39, 0.29) is 0 Å². The molecule has 1 aromatic rings. The number of aryl methyl sites for hydroxylation is 2. The van der Waals surface area contributed by atoms with Gasteiger partial charge < -0.3 is 5.73 Å². The number of nitrogens with two attached hydrogens (primary N) is 1. The second-order valence-corrected chi connectivity index (χ2v) is 4.67. The van der Waals surface area contributed by atoms with Gasteiger partial charge in [0.25, 0.3) is 0 Å². The van der Waals surface area contributed by atoms with Gasteiger partial charge in [-0.15, -0.1) is 0 Å². The molecule has 0 amide bonds. The summed E-state index contributed by atoms with van der Waals surface area (Å²) in [7, 11) is 2.02. The number of hydrogen-bond acceptors (Lipinski definition) is 2. The van der Waals surface area contributed by atoms with Crippen molar-refractivity contribution in [3.8, 4) is 0 Å². The van der Waals surface area contributed by atoms with Gasteiger partial charge in [-0.05, 0) is 43.7 Å². The van der Waals surface area contributed by atoms with Crippen LogP contribution in [-0.2, 0) is 13.5 Å². The Morgan fingerprint density at radius 3 is 2.93 bits per heavy atom. The Balaban J connectivity index is 1.85. The molecule has 2 rings (SSSR count). The summed E-state index contributed by atoms with van der Waals surface area (Å²) in [6, 6.07) is 2.12. The Labute approximate surface area is 91.7 Å². The van der Waals surface area contributed by atoms with Crippen molar-refractivity contribution < 1.29 is 0 Å². The molecule has 3 heteroatoms. The van der Waals surface area contributed by atoms with Crippen LogP contribution >= 0.6 is 0 Å². The first kappa shape index (κ1) is 10.7. The average Bonchev–Trinajstić information content (AvgIpc) is 2.83. The second-order valence-electron chi connectivity index (χ2n) is 4.67. The zero-order chi connectivity index (χ0) is 10.7. The molecule has 1 fully saturated rings. The fourth-order valence-corrected chi connectivity index (χ4v) is 2.78. The van der Waals surface area contributed by atoms with E-state index < -0.39 is 0 Å². The summed E-state index contributed by atoms with van der Waals surface area (Å²) in [6.45, 7) is 0.871. The van der Waals surface area contributed by atoms with E-state index in [9.17, 15) is 0 Å². The maximum absolute atomic E-state index is 5.79. The van der Waals surface area contributed by atoms with Crippen LogP contribution < -0.4 is 5.73 Å². The lowest BCUT2D eigenvalue weighted by Gasteiger charge is -2.17. The predicted octanol–water partition coefficient (Wildman–Crippen LogP) is 1.73. The van der Waals surface area contributed by atoms with E-state index in [1.165, 1.54) is 31.4 Å². The van der Waals surface area contributed by atoms with Crippen molar-refractivity contribution >= 4 is 0 Å². The molecule has 0 radical (unpaired) electrons. The largest absolute Gasteiger partial charge is 0.330 e. The average molecular weight is 207 g/mol. The van der Waals surface area contributed by atoms with Crippen LogP contribution in [0, 0.1) is 11.8 Å². The van der Waals surface area contributed by atoms with E-state index >= 15 is 0 Å². The lowest BCUT2D eigenvalue weighted by Crippen LogP contribution is -2.19. The Kier molecular flexibility index (Phi) is 3.41. The van der Waals surface area contributed by atoms with E-state index in [0.29, 0.717) is 0 Å². The van der Waals surface area contributed by atoms with Gasteiger partial charge in [0.2, 0.25) is 0 Å². The van der Waals surface area contributed by atoms with Crippen molar-refractivity contribution in [2.24, 2.45) is 24.6 Å². The standard InChI is InChI=1S/C12H21N3/c1-15-12(7-8-14-15)6-5-10-3-2-4-11(10)9-13/h7-8,10-11H,2-6,9,13H2,1H3. The van der Waals surface area contributed by atoms with E-state index in [4.69, 9.17) is 5.73 Å². The minimum absolute atomic E-state index is 0.776. The van der Waals surface area contributed by atoms with Crippen LogP contribution in [0.5, 0.6) is 0 Å². The fourth-order valence-electron chi connectivity index (χ4n) is 2.78. The maximum Gasteiger partial charge on any atom is 0.0492 e. The molecule has 0 saturated heterocycles. The number of hydrogen-bond donors (Lipinski definition) is 1. The molecular weight excluding hydrogens is 186 g/mol. The molecule has 3 nitrogen and oxygen atoms in total. The molecular formula is C12H21N3. The van der Waals surface area contributed by atoms with Crippen molar-refractivity contribution in [2.45, 2.75) is 32.1 Å². The van der Waals surface area contributed by atoms with Gasteiger partial charge in [-0.1, -0.05) is 12.8 Å². The Bertz CT molecular complexity index is 306. The summed E-state index contributed by atoms with van der Waals surface area (Å²) < 4.78 is 1.98. The number of nitrogens with zero attached hydrogens (tertiary/aromatic N) is 2. The highest BCUT2D eigenvalue weighted by atomic mass is 15.2. The van der Waals surface area contributed by atoms with Crippen LogP contribution in [0.3, 0.4) is 0 Å². The molecule has 2 N–H and O–H groups in total. The summed E-state index contributed by atoms with van der Waals surface area (Å²) in [5, 5.41) is 4.19. The van der Waals surface area contributed by atoms with Gasteiger partial charge >= 0.3 is 0 Å². The van der Waals surface area contributed by atoms with Crippen LogP contribution in [0.25, 0.3) is 0 Å². The highest BCUT2D eigenvalue weighted by Crippen LogP contribution is 2.34. The minimum Gasteiger partial charge on any atom is -0.330 e. The van der Waals surface area contributed by atoms with Crippen molar-refractivity contribution in [3.05, 3.63) is 18.0 Å². The van der Waals surface area contributed by atoms with Gasteiger partial charge in [-0.25, -0.2) is 0 Å². The number of aromatic nitrogens is 2. The van der Waals surface area contributed by atoms with Gasteiger partial charge in [-0.2, -0.15) is 5.10 Å². The lowest BCUT2D eigenvalue weighted by atomic mass is 9.91. The van der Waals surface area contributed by atoms with E-state index in [2.05, 4.69) is 11.2 Å². The normalized spacial score (nSPS) is 26.0. The Hall–Kier alpha value is -0.830. The first-order valence-corrected chi connectivity index (χ1v) is 5.98. The van der Waals surface area contributed by atoms with E-state index in [1.807, 2.05) is 17.9 Å². The van der Waals surface area contributed by atoms with Crippen LogP contribution in [0.2, 0.25) is 0 Å². The molecule has 0 aliphatic heterocycles. The van der Waals surface area contributed by atoms with Crippen molar-refractivity contribution in [1.82, 2.24) is 9.78 Å². The van der Waals surface area contributed by atoms with Gasteiger partial charge in [0, 0.05) is 18.9 Å². The molecule has 0 aromatic carbocycles. The third-order valence-electron chi connectivity index (χ3n) is 3.81. The molecule has 84 valence electrons. The summed E-state index contributed by atoms with van der Waals surface area (Å²) in [5.74, 6) is 1.63. The van der Waals surface area contributed by atoms with Crippen molar-refractivity contribution in [3.63, 3.8) is 0 Å². The van der Waals surface area contributed by atoms with Crippen molar-refractivity contribution in [2.75, 3.05) is 6.54 Å². The molecule has 0 spiro atoms. The fraction of sp³-hybridized carbons (Fsp3) is 0.750. The van der Waals surface area contributed by atoms with Crippen LogP contribution in [0.1, 0.15) is 31.4 Å². The quantitative estimate of drug-likeness (QED) is 0.817. The summed E-state index contributed by atoms with van der Waals surface area (Å²) >= 11 is 0. The summed E-state index contributed by atoms with van der Waals surface area (Å²) in [5.41, 5.74) is 7.13. The summed E-state index contributed by atoms with van der Waals surface area (Å²) in [4.78, 5) is 0. The molecule has 15 heavy (non-hydrogen) atoms. The topological polar surface area (TPSA) is 43.8 Å². The third kappa shape index (κ3) is 2.40. The molecule has 1 heterocycles. The van der Waals surface area contributed by atoms with Crippen LogP contribution in [0.4, 0.5) is 0 Å². The molecule has 1 aliphatic rings.